The standard InChI is InChI=1S/C31H37ClN8O3/c1-33-19-25(15-16-38(2)20-24-10-6-5-7-11-24)31(35-22-34-28-21-39(3)37-30(28)32)40(23-41)27-13-8-12-26(18-27)36-29(42)14-9-17-43-4/h5-14,18-19,21,23,34H,1,15-17,20,22H2,2-4H3,(H,36,42)/b14-9+,25-19-,35-31+. The predicted molar refractivity (Wildman–Crippen MR) is 174 cm³/mol. The number of aromatic nitrogens is 2. The van der Waals surface area contributed by atoms with E-state index in [0.29, 0.717) is 59.6 Å². The number of carbonyl (C=O) groups excluding carboxylic acids is 2. The number of hydrogen-bond donors (Lipinski definition) is 2. The van der Waals surface area contributed by atoms with E-state index in [-0.39, 0.29) is 12.6 Å². The van der Waals surface area contributed by atoms with Gasteiger partial charge in [-0.2, -0.15) is 5.10 Å². The van der Waals surface area contributed by atoms with E-state index in [4.69, 9.17) is 21.3 Å². The van der Waals surface area contributed by atoms with E-state index in [1.165, 1.54) is 16.5 Å². The van der Waals surface area contributed by atoms with E-state index < -0.39 is 0 Å². The van der Waals surface area contributed by atoms with Gasteiger partial charge in [-0.25, -0.2) is 4.99 Å². The number of amides is 2. The van der Waals surface area contributed by atoms with Crippen LogP contribution in [0.2, 0.25) is 5.15 Å². The van der Waals surface area contributed by atoms with E-state index >= 15 is 0 Å². The lowest BCUT2D eigenvalue weighted by atomic mass is 10.1. The van der Waals surface area contributed by atoms with Crippen molar-refractivity contribution in [2.75, 3.05) is 49.5 Å². The molecule has 43 heavy (non-hydrogen) atoms. The van der Waals surface area contributed by atoms with Crippen LogP contribution < -0.4 is 15.5 Å². The topological polar surface area (TPSA) is 116 Å². The van der Waals surface area contributed by atoms with Gasteiger partial charge in [0.2, 0.25) is 12.3 Å². The summed E-state index contributed by atoms with van der Waals surface area (Å²) in [5, 5.41) is 10.4. The lowest BCUT2D eigenvalue weighted by molar-refractivity contribution is -0.112. The molecule has 226 valence electrons. The van der Waals surface area contributed by atoms with Gasteiger partial charge in [-0.15, -0.1) is 0 Å². The SMILES string of the molecule is C=N/C=C(CCN(C)Cc1ccccc1)\C(=N/CNc1cn(C)nc1Cl)N(C=O)c1cccc(NC(=O)/C=C/COC)c1. The van der Waals surface area contributed by atoms with Crippen molar-refractivity contribution in [3.8, 4) is 0 Å². The summed E-state index contributed by atoms with van der Waals surface area (Å²) in [5.41, 5.74) is 3.49. The van der Waals surface area contributed by atoms with Crippen molar-refractivity contribution in [1.29, 1.82) is 0 Å². The molecule has 0 fully saturated rings. The van der Waals surface area contributed by atoms with Crippen LogP contribution >= 0.6 is 11.6 Å². The van der Waals surface area contributed by atoms with Crippen LogP contribution in [0.25, 0.3) is 0 Å². The maximum absolute atomic E-state index is 12.6. The molecular weight excluding hydrogens is 568 g/mol. The van der Waals surface area contributed by atoms with Crippen LogP contribution in [-0.4, -0.2) is 73.5 Å². The summed E-state index contributed by atoms with van der Waals surface area (Å²) in [6, 6.07) is 17.1. The Hall–Kier alpha value is -4.58. The normalized spacial score (nSPS) is 12.0. The fourth-order valence-corrected chi connectivity index (χ4v) is 4.38. The van der Waals surface area contributed by atoms with Crippen LogP contribution in [0, 0.1) is 0 Å². The number of aliphatic imine (C=N–C) groups is 2. The van der Waals surface area contributed by atoms with Crippen LogP contribution in [-0.2, 0) is 27.9 Å². The molecule has 3 rings (SSSR count). The fourth-order valence-electron chi connectivity index (χ4n) is 4.14. The van der Waals surface area contributed by atoms with Gasteiger partial charge in [0.05, 0.1) is 18.0 Å². The zero-order valence-corrected chi connectivity index (χ0v) is 25.4. The second kappa shape index (κ2) is 17.4. The molecule has 11 nitrogen and oxygen atoms in total. The van der Waals surface area contributed by atoms with Crippen LogP contribution in [0.5, 0.6) is 0 Å². The molecule has 0 atom stereocenters. The zero-order chi connectivity index (χ0) is 31.0. The van der Waals surface area contributed by atoms with Crippen LogP contribution in [0.15, 0.2) is 94.7 Å². The number of anilines is 3. The zero-order valence-electron chi connectivity index (χ0n) is 24.6. The molecule has 2 aromatic carbocycles. The van der Waals surface area contributed by atoms with E-state index in [1.54, 1.807) is 61.6 Å². The predicted octanol–water partition coefficient (Wildman–Crippen LogP) is 4.75. The van der Waals surface area contributed by atoms with Gasteiger partial charge >= 0.3 is 0 Å². The first kappa shape index (κ1) is 32.9. The van der Waals surface area contributed by atoms with Crippen molar-refractivity contribution in [2.45, 2.75) is 13.0 Å². The smallest absolute Gasteiger partial charge is 0.248 e. The minimum absolute atomic E-state index is 0.0974. The number of aryl methyl sites for hydroxylation is 1. The molecule has 0 saturated heterocycles. The van der Waals surface area contributed by atoms with Gasteiger partial charge in [-0.05, 0) is 43.9 Å². The number of halogens is 1. The molecule has 2 N–H and O–H groups in total. The number of hydrogen-bond acceptors (Lipinski definition) is 8. The van der Waals surface area contributed by atoms with Gasteiger partial charge < -0.3 is 20.3 Å². The molecule has 0 aliphatic heterocycles. The van der Waals surface area contributed by atoms with Gasteiger partial charge in [-0.1, -0.05) is 54.1 Å². The average Bonchev–Trinajstić information content (AvgIpc) is 3.32. The van der Waals surface area contributed by atoms with Gasteiger partial charge in [0.25, 0.3) is 0 Å². The van der Waals surface area contributed by atoms with Gasteiger partial charge in [-0.3, -0.25) is 24.2 Å². The summed E-state index contributed by atoms with van der Waals surface area (Å²) >= 11 is 6.21. The van der Waals surface area contributed by atoms with Gasteiger partial charge in [0, 0.05) is 57.0 Å². The third-order valence-corrected chi connectivity index (χ3v) is 6.41. The van der Waals surface area contributed by atoms with Crippen molar-refractivity contribution >= 4 is 53.5 Å². The van der Waals surface area contributed by atoms with Crippen molar-refractivity contribution in [3.05, 3.63) is 95.4 Å². The molecule has 1 aromatic heterocycles. The lowest BCUT2D eigenvalue weighted by Gasteiger charge is -2.24. The van der Waals surface area contributed by atoms with E-state index in [1.807, 2.05) is 25.2 Å². The van der Waals surface area contributed by atoms with Crippen molar-refractivity contribution in [2.24, 2.45) is 17.0 Å². The monoisotopic (exact) mass is 604 g/mol. The highest BCUT2D eigenvalue weighted by atomic mass is 35.5. The molecule has 0 aliphatic rings. The molecule has 0 unspecified atom stereocenters. The van der Waals surface area contributed by atoms with Crippen molar-refractivity contribution in [1.82, 2.24) is 14.7 Å². The number of nitrogens with zero attached hydrogens (tertiary/aromatic N) is 6. The molecule has 0 bridgehead atoms. The van der Waals surface area contributed by atoms with Crippen molar-refractivity contribution in [3.63, 3.8) is 0 Å². The molecule has 2 amide bonds. The molecular formula is C31H37ClN8O3. The lowest BCUT2D eigenvalue weighted by Crippen LogP contribution is -2.33. The summed E-state index contributed by atoms with van der Waals surface area (Å²) in [7, 11) is 5.34. The Morgan fingerprint density at radius 1 is 1.21 bits per heavy atom. The Bertz CT molecular complexity index is 1450. The summed E-state index contributed by atoms with van der Waals surface area (Å²) in [6.45, 7) is 5.47. The van der Waals surface area contributed by atoms with Gasteiger partial charge in [0.15, 0.2) is 5.15 Å². The number of nitrogens with one attached hydrogen (secondary N) is 2. The number of carbonyl (C=O) groups is 2. The fraction of sp³-hybridized carbons (Fsp3) is 0.258. The van der Waals surface area contributed by atoms with E-state index in [9.17, 15) is 9.59 Å². The molecule has 0 aliphatic carbocycles. The Balaban J connectivity index is 1.89. The van der Waals surface area contributed by atoms with Gasteiger partial charge in [0.1, 0.15) is 12.5 Å². The number of rotatable bonds is 16. The first-order valence-electron chi connectivity index (χ1n) is 13.5. The first-order chi connectivity index (χ1) is 20.8. The average molecular weight is 605 g/mol. The summed E-state index contributed by atoms with van der Waals surface area (Å²) < 4.78 is 6.54. The van der Waals surface area contributed by atoms with Crippen LogP contribution in [0.1, 0.15) is 12.0 Å². The number of methoxy groups -OCH3 is 1. The number of amidine groups is 1. The Labute approximate surface area is 257 Å². The highest BCUT2D eigenvalue weighted by Crippen LogP contribution is 2.23. The maximum atomic E-state index is 12.6. The maximum Gasteiger partial charge on any atom is 0.248 e. The number of ether oxygens (including phenoxy) is 1. The Morgan fingerprint density at radius 3 is 2.67 bits per heavy atom. The molecule has 0 spiro atoms. The Morgan fingerprint density at radius 2 is 2.00 bits per heavy atom. The second-order valence-corrected chi connectivity index (χ2v) is 9.86. The summed E-state index contributed by atoms with van der Waals surface area (Å²) in [4.78, 5) is 37.3. The third kappa shape index (κ3) is 10.6. The molecule has 3 aromatic rings. The first-order valence-corrected chi connectivity index (χ1v) is 13.9. The summed E-state index contributed by atoms with van der Waals surface area (Å²) in [5.74, 6) is 0.0441. The third-order valence-electron chi connectivity index (χ3n) is 6.13. The highest BCUT2D eigenvalue weighted by Gasteiger charge is 2.19. The largest absolute Gasteiger partial charge is 0.381 e. The van der Waals surface area contributed by atoms with E-state index in [0.717, 1.165) is 6.54 Å². The highest BCUT2D eigenvalue weighted by molar-refractivity contribution is 6.32. The van der Waals surface area contributed by atoms with Crippen molar-refractivity contribution < 1.29 is 14.3 Å². The molecule has 0 saturated carbocycles. The second-order valence-electron chi connectivity index (χ2n) is 9.51. The van der Waals surface area contributed by atoms with Crippen LogP contribution in [0.3, 0.4) is 0 Å². The minimum atomic E-state index is -0.323. The Kier molecular flexibility index (Phi) is 13.3. The molecule has 12 heteroatoms. The van der Waals surface area contributed by atoms with E-state index in [2.05, 4.69) is 44.5 Å². The number of benzene rings is 2. The molecule has 1 heterocycles. The van der Waals surface area contributed by atoms with Crippen LogP contribution in [0.4, 0.5) is 17.1 Å². The quantitative estimate of drug-likeness (QED) is 0.105. The summed E-state index contributed by atoms with van der Waals surface area (Å²) in [6.07, 6.45) is 7.55. The molecule has 0 radical (unpaired) electrons. The minimum Gasteiger partial charge on any atom is -0.381 e.